The van der Waals surface area contributed by atoms with Gasteiger partial charge in [-0.05, 0) is 12.1 Å². The van der Waals surface area contributed by atoms with Crippen molar-refractivity contribution in [3.05, 3.63) is 54.6 Å². The first kappa shape index (κ1) is 19.5. The third-order valence-corrected chi connectivity index (χ3v) is 5.14. The molecule has 0 unspecified atom stereocenters. The number of ether oxygens (including phenoxy) is 2. The Kier molecular flexibility index (Phi) is 5.14. The summed E-state index contributed by atoms with van der Waals surface area (Å²) in [6.07, 6.45) is -1.79. The Balaban J connectivity index is 1.74. The average Bonchev–Trinajstić information content (AvgIpc) is 3.18. The fraction of sp³-hybridized carbons (Fsp3) is 0.227. The van der Waals surface area contributed by atoms with E-state index in [4.69, 9.17) is 14.5 Å². The zero-order chi connectivity index (χ0) is 21.3. The standard InChI is InChI=1S/C22H20N2O6/c1-29-14-7-8-16-18(9-14)23-17(13-5-3-2-4-6-13)11-20(16)30-15-10-19(21(25)26)24(12-15)22(27)28/h2-9,11,15,19H,10,12H2,1H3,(H,25,26)(H,27,28)/t15-,19+/m1/s1. The number of fused-ring (bicyclic) bond motifs is 1. The van der Waals surface area contributed by atoms with Gasteiger partial charge in [-0.1, -0.05) is 30.3 Å². The summed E-state index contributed by atoms with van der Waals surface area (Å²) in [5.41, 5.74) is 2.25. The highest BCUT2D eigenvalue weighted by molar-refractivity contribution is 5.89. The molecule has 3 aromatic rings. The first-order valence-corrected chi connectivity index (χ1v) is 9.39. The number of carboxylic acids is 1. The van der Waals surface area contributed by atoms with Gasteiger partial charge in [0.1, 0.15) is 23.6 Å². The summed E-state index contributed by atoms with van der Waals surface area (Å²) in [6, 6.07) is 15.7. The maximum absolute atomic E-state index is 11.5. The van der Waals surface area contributed by atoms with E-state index in [1.807, 2.05) is 36.4 Å². The summed E-state index contributed by atoms with van der Waals surface area (Å²) in [6.45, 7) is -0.0209. The number of pyridine rings is 1. The predicted octanol–water partition coefficient (Wildman–Crippen LogP) is 3.49. The highest BCUT2D eigenvalue weighted by Crippen LogP contribution is 2.34. The Morgan fingerprint density at radius 2 is 1.87 bits per heavy atom. The summed E-state index contributed by atoms with van der Waals surface area (Å²) in [7, 11) is 1.57. The summed E-state index contributed by atoms with van der Waals surface area (Å²) >= 11 is 0. The molecule has 0 radical (unpaired) electrons. The van der Waals surface area contributed by atoms with Gasteiger partial charge in [0.15, 0.2) is 0 Å². The molecule has 154 valence electrons. The van der Waals surface area contributed by atoms with Crippen molar-refractivity contribution >= 4 is 23.0 Å². The Morgan fingerprint density at radius 1 is 1.10 bits per heavy atom. The Morgan fingerprint density at radius 3 is 2.50 bits per heavy atom. The van der Waals surface area contributed by atoms with E-state index in [-0.39, 0.29) is 13.0 Å². The largest absolute Gasteiger partial charge is 0.497 e. The van der Waals surface area contributed by atoms with Gasteiger partial charge in [-0.25, -0.2) is 14.6 Å². The molecule has 0 saturated carbocycles. The molecule has 2 atom stereocenters. The molecule has 2 aromatic carbocycles. The Labute approximate surface area is 172 Å². The van der Waals surface area contributed by atoms with Crippen molar-refractivity contribution in [1.82, 2.24) is 9.88 Å². The van der Waals surface area contributed by atoms with Crippen LogP contribution in [0, 0.1) is 0 Å². The third kappa shape index (κ3) is 3.71. The number of hydrogen-bond donors (Lipinski definition) is 2. The van der Waals surface area contributed by atoms with Crippen molar-refractivity contribution < 1.29 is 29.3 Å². The molecule has 8 nitrogen and oxygen atoms in total. The van der Waals surface area contributed by atoms with Crippen LogP contribution in [0.4, 0.5) is 4.79 Å². The van der Waals surface area contributed by atoms with E-state index in [1.54, 1.807) is 25.3 Å². The molecule has 1 aliphatic rings. The smallest absolute Gasteiger partial charge is 0.408 e. The van der Waals surface area contributed by atoms with Crippen molar-refractivity contribution in [3.63, 3.8) is 0 Å². The van der Waals surface area contributed by atoms with E-state index in [0.717, 1.165) is 15.8 Å². The molecule has 1 saturated heterocycles. The van der Waals surface area contributed by atoms with Gasteiger partial charge in [0.05, 0.1) is 24.9 Å². The van der Waals surface area contributed by atoms with Gasteiger partial charge >= 0.3 is 12.1 Å². The van der Waals surface area contributed by atoms with Crippen LogP contribution in [-0.2, 0) is 4.79 Å². The molecule has 4 rings (SSSR count). The van der Waals surface area contributed by atoms with Gasteiger partial charge < -0.3 is 19.7 Å². The number of amides is 1. The molecule has 1 fully saturated rings. The minimum atomic E-state index is -1.28. The third-order valence-electron chi connectivity index (χ3n) is 5.14. The van der Waals surface area contributed by atoms with Gasteiger partial charge in [0.25, 0.3) is 0 Å². The van der Waals surface area contributed by atoms with Crippen LogP contribution in [0.15, 0.2) is 54.6 Å². The molecule has 2 heterocycles. The van der Waals surface area contributed by atoms with Crippen LogP contribution in [-0.4, -0.2) is 58.0 Å². The molecule has 0 aliphatic carbocycles. The fourth-order valence-corrected chi connectivity index (χ4v) is 3.67. The molecule has 2 N–H and O–H groups in total. The van der Waals surface area contributed by atoms with E-state index in [2.05, 4.69) is 0 Å². The second-order valence-corrected chi connectivity index (χ2v) is 7.02. The quantitative estimate of drug-likeness (QED) is 0.665. The van der Waals surface area contributed by atoms with Crippen LogP contribution < -0.4 is 9.47 Å². The van der Waals surface area contributed by atoms with Crippen molar-refractivity contribution in [1.29, 1.82) is 0 Å². The lowest BCUT2D eigenvalue weighted by molar-refractivity contribution is -0.141. The minimum absolute atomic E-state index is 0.0209. The zero-order valence-electron chi connectivity index (χ0n) is 16.2. The van der Waals surface area contributed by atoms with Crippen molar-refractivity contribution in [2.45, 2.75) is 18.6 Å². The number of carboxylic acid groups (broad SMARTS) is 2. The van der Waals surface area contributed by atoms with Crippen LogP contribution in [0.1, 0.15) is 6.42 Å². The van der Waals surface area contributed by atoms with Crippen molar-refractivity contribution in [2.24, 2.45) is 0 Å². The first-order chi connectivity index (χ1) is 14.5. The summed E-state index contributed by atoms with van der Waals surface area (Å²) in [5.74, 6) is -0.0179. The molecular formula is C22H20N2O6. The van der Waals surface area contributed by atoms with Crippen LogP contribution in [0.5, 0.6) is 11.5 Å². The number of nitrogens with zero attached hydrogens (tertiary/aromatic N) is 2. The number of carbonyl (C=O) groups is 2. The fourth-order valence-electron chi connectivity index (χ4n) is 3.67. The van der Waals surface area contributed by atoms with Crippen molar-refractivity contribution in [2.75, 3.05) is 13.7 Å². The van der Waals surface area contributed by atoms with E-state index in [0.29, 0.717) is 22.7 Å². The first-order valence-electron chi connectivity index (χ1n) is 9.39. The van der Waals surface area contributed by atoms with Gasteiger partial charge in [0.2, 0.25) is 0 Å². The van der Waals surface area contributed by atoms with Crippen LogP contribution in [0.2, 0.25) is 0 Å². The maximum Gasteiger partial charge on any atom is 0.408 e. The zero-order valence-corrected chi connectivity index (χ0v) is 16.2. The summed E-state index contributed by atoms with van der Waals surface area (Å²) in [5, 5.41) is 19.4. The number of methoxy groups -OCH3 is 1. The van der Waals surface area contributed by atoms with Gasteiger partial charge in [-0.2, -0.15) is 0 Å². The van der Waals surface area contributed by atoms with E-state index in [9.17, 15) is 19.8 Å². The normalized spacial score (nSPS) is 18.4. The monoisotopic (exact) mass is 408 g/mol. The molecule has 1 aromatic heterocycles. The predicted molar refractivity (Wildman–Crippen MR) is 109 cm³/mol. The lowest BCUT2D eigenvalue weighted by Gasteiger charge is -2.17. The molecule has 1 amide bonds. The van der Waals surface area contributed by atoms with E-state index >= 15 is 0 Å². The van der Waals surface area contributed by atoms with Crippen molar-refractivity contribution in [3.8, 4) is 22.8 Å². The topological polar surface area (TPSA) is 109 Å². The van der Waals surface area contributed by atoms with E-state index < -0.39 is 24.2 Å². The van der Waals surface area contributed by atoms with Crippen LogP contribution in [0.25, 0.3) is 22.2 Å². The lowest BCUT2D eigenvalue weighted by Crippen LogP contribution is -2.39. The molecule has 0 bridgehead atoms. The molecule has 30 heavy (non-hydrogen) atoms. The SMILES string of the molecule is COc1ccc2c(O[C@@H]3C[C@@H](C(=O)O)N(C(=O)O)C3)cc(-c3ccccc3)nc2c1. The molecular weight excluding hydrogens is 388 g/mol. The summed E-state index contributed by atoms with van der Waals surface area (Å²) < 4.78 is 11.4. The number of aromatic nitrogens is 1. The second kappa shape index (κ2) is 7.90. The van der Waals surface area contributed by atoms with E-state index in [1.165, 1.54) is 0 Å². The number of aliphatic carboxylic acids is 1. The number of rotatable bonds is 5. The van der Waals surface area contributed by atoms with Gasteiger partial charge in [-0.15, -0.1) is 0 Å². The maximum atomic E-state index is 11.5. The minimum Gasteiger partial charge on any atom is -0.497 e. The van der Waals surface area contributed by atoms with Crippen LogP contribution >= 0.6 is 0 Å². The van der Waals surface area contributed by atoms with Crippen LogP contribution in [0.3, 0.4) is 0 Å². The molecule has 1 aliphatic heterocycles. The van der Waals surface area contributed by atoms with Gasteiger partial charge in [0, 0.05) is 29.5 Å². The second-order valence-electron chi connectivity index (χ2n) is 7.02. The molecule has 8 heteroatoms. The Hall–Kier alpha value is -3.81. The number of hydrogen-bond acceptors (Lipinski definition) is 5. The lowest BCUT2D eigenvalue weighted by atomic mass is 10.1. The highest BCUT2D eigenvalue weighted by Gasteiger charge is 2.41. The molecule has 0 spiro atoms. The number of benzene rings is 2. The average molecular weight is 408 g/mol. The van der Waals surface area contributed by atoms with Gasteiger partial charge in [-0.3, -0.25) is 4.90 Å². The Bertz CT molecular complexity index is 1080. The number of likely N-dealkylation sites (tertiary alicyclic amines) is 1. The summed E-state index contributed by atoms with van der Waals surface area (Å²) in [4.78, 5) is 28.5. The highest BCUT2D eigenvalue weighted by atomic mass is 16.5.